The summed E-state index contributed by atoms with van der Waals surface area (Å²) in [5.41, 5.74) is 3.76. The van der Waals surface area contributed by atoms with E-state index in [-0.39, 0.29) is 0 Å². The molecule has 2 aromatic carbocycles. The molecular formula is C27H32OS. The molecular weight excluding hydrogens is 372 g/mol. The van der Waals surface area contributed by atoms with Crippen molar-refractivity contribution in [1.29, 1.82) is 0 Å². The molecule has 0 saturated heterocycles. The standard InChI is InChI=1S/C27H32OS/c1-3-5-7-8-9-10-26-19-20-27(29-26)24-13-11-22(12-14-24)23-15-17-25(18-16-23)28-21-6-4-2/h4,6,11-20H,3,5,7-10,21H2,1-2H3. The molecule has 29 heavy (non-hydrogen) atoms. The average molecular weight is 405 g/mol. The number of ether oxygens (including phenoxy) is 1. The van der Waals surface area contributed by atoms with Gasteiger partial charge in [0.1, 0.15) is 12.4 Å². The van der Waals surface area contributed by atoms with Crippen molar-refractivity contribution in [1.82, 2.24) is 0 Å². The van der Waals surface area contributed by atoms with E-state index in [0.29, 0.717) is 6.61 Å². The molecule has 0 bridgehead atoms. The summed E-state index contributed by atoms with van der Waals surface area (Å²) in [6, 6.07) is 21.8. The molecule has 0 spiro atoms. The van der Waals surface area contributed by atoms with E-state index in [1.807, 2.05) is 42.5 Å². The molecule has 0 amide bonds. The summed E-state index contributed by atoms with van der Waals surface area (Å²) in [6.45, 7) is 4.89. The van der Waals surface area contributed by atoms with Crippen LogP contribution in [-0.4, -0.2) is 6.61 Å². The minimum Gasteiger partial charge on any atom is -0.490 e. The number of allylic oxidation sites excluding steroid dienone is 1. The van der Waals surface area contributed by atoms with Crippen molar-refractivity contribution < 1.29 is 4.74 Å². The van der Waals surface area contributed by atoms with Gasteiger partial charge in [0, 0.05) is 9.75 Å². The lowest BCUT2D eigenvalue weighted by Gasteiger charge is -2.06. The molecule has 2 heteroatoms. The van der Waals surface area contributed by atoms with Crippen LogP contribution in [0.15, 0.2) is 72.8 Å². The lowest BCUT2D eigenvalue weighted by Crippen LogP contribution is -1.92. The molecule has 0 atom stereocenters. The second kappa shape index (κ2) is 11.6. The highest BCUT2D eigenvalue weighted by Gasteiger charge is 2.05. The molecule has 1 heterocycles. The Morgan fingerprint density at radius 2 is 1.41 bits per heavy atom. The summed E-state index contributed by atoms with van der Waals surface area (Å²) in [4.78, 5) is 2.88. The van der Waals surface area contributed by atoms with Crippen LogP contribution in [0.4, 0.5) is 0 Å². The Kier molecular flexibility index (Phi) is 8.58. The molecule has 0 aliphatic rings. The van der Waals surface area contributed by atoms with Crippen molar-refractivity contribution in [3.05, 3.63) is 77.7 Å². The summed E-state index contributed by atoms with van der Waals surface area (Å²) in [6.07, 6.45) is 12.0. The molecule has 0 N–H and O–H groups in total. The van der Waals surface area contributed by atoms with Crippen molar-refractivity contribution in [3.63, 3.8) is 0 Å². The topological polar surface area (TPSA) is 9.23 Å². The van der Waals surface area contributed by atoms with Gasteiger partial charge in [-0.25, -0.2) is 0 Å². The fourth-order valence-electron chi connectivity index (χ4n) is 3.38. The average Bonchev–Trinajstić information content (AvgIpc) is 3.23. The zero-order chi connectivity index (χ0) is 20.3. The zero-order valence-electron chi connectivity index (χ0n) is 17.7. The number of benzene rings is 2. The van der Waals surface area contributed by atoms with Gasteiger partial charge in [-0.05, 0) is 60.7 Å². The summed E-state index contributed by atoms with van der Waals surface area (Å²) in [7, 11) is 0. The molecule has 152 valence electrons. The second-order valence-corrected chi connectivity index (χ2v) is 8.58. The third-order valence-electron chi connectivity index (χ3n) is 5.13. The van der Waals surface area contributed by atoms with E-state index in [4.69, 9.17) is 4.74 Å². The van der Waals surface area contributed by atoms with Crippen molar-refractivity contribution >= 4 is 11.3 Å². The fourth-order valence-corrected chi connectivity index (χ4v) is 4.44. The van der Waals surface area contributed by atoms with Crippen molar-refractivity contribution in [3.8, 4) is 27.3 Å². The SMILES string of the molecule is CC=CCOc1ccc(-c2ccc(-c3ccc(CCCCCCC)s3)cc2)cc1. The highest BCUT2D eigenvalue weighted by Crippen LogP contribution is 2.31. The summed E-state index contributed by atoms with van der Waals surface area (Å²) in [5.74, 6) is 0.907. The molecule has 0 radical (unpaired) electrons. The van der Waals surface area contributed by atoms with Crippen LogP contribution in [0, 0.1) is 0 Å². The summed E-state index contributed by atoms with van der Waals surface area (Å²) in [5, 5.41) is 0. The lowest BCUT2D eigenvalue weighted by molar-refractivity contribution is 0.363. The van der Waals surface area contributed by atoms with E-state index >= 15 is 0 Å². The van der Waals surface area contributed by atoms with Crippen LogP contribution in [-0.2, 0) is 6.42 Å². The molecule has 1 aromatic heterocycles. The maximum absolute atomic E-state index is 5.68. The van der Waals surface area contributed by atoms with Gasteiger partial charge < -0.3 is 4.74 Å². The van der Waals surface area contributed by atoms with E-state index in [2.05, 4.69) is 55.5 Å². The van der Waals surface area contributed by atoms with Crippen molar-refractivity contribution in [2.75, 3.05) is 6.61 Å². The Morgan fingerprint density at radius 1 is 0.759 bits per heavy atom. The predicted molar refractivity (Wildman–Crippen MR) is 128 cm³/mol. The maximum Gasteiger partial charge on any atom is 0.119 e. The Hall–Kier alpha value is -2.32. The first kappa shape index (κ1) is 21.4. The number of hydrogen-bond donors (Lipinski definition) is 0. The van der Waals surface area contributed by atoms with Crippen LogP contribution in [0.1, 0.15) is 50.8 Å². The first-order valence-corrected chi connectivity index (χ1v) is 11.7. The number of aryl methyl sites for hydroxylation is 1. The Balaban J connectivity index is 1.57. The number of unbranched alkanes of at least 4 members (excludes halogenated alkanes) is 4. The monoisotopic (exact) mass is 404 g/mol. The number of hydrogen-bond acceptors (Lipinski definition) is 2. The van der Waals surface area contributed by atoms with E-state index in [0.717, 1.165) is 5.75 Å². The fraction of sp³-hybridized carbons (Fsp3) is 0.333. The van der Waals surface area contributed by atoms with Crippen LogP contribution in [0.25, 0.3) is 21.6 Å². The Bertz CT molecular complexity index is 872. The molecule has 0 aliphatic heterocycles. The third kappa shape index (κ3) is 6.61. The summed E-state index contributed by atoms with van der Waals surface area (Å²) >= 11 is 1.94. The van der Waals surface area contributed by atoms with Gasteiger partial charge in [-0.1, -0.05) is 81.2 Å². The van der Waals surface area contributed by atoms with Crippen LogP contribution in [0.5, 0.6) is 5.75 Å². The smallest absolute Gasteiger partial charge is 0.119 e. The van der Waals surface area contributed by atoms with Gasteiger partial charge in [-0.3, -0.25) is 0 Å². The van der Waals surface area contributed by atoms with Gasteiger partial charge in [-0.15, -0.1) is 11.3 Å². The predicted octanol–water partition coefficient (Wildman–Crippen LogP) is 8.55. The van der Waals surface area contributed by atoms with Gasteiger partial charge >= 0.3 is 0 Å². The van der Waals surface area contributed by atoms with Crippen LogP contribution < -0.4 is 4.74 Å². The highest BCUT2D eigenvalue weighted by atomic mass is 32.1. The minimum absolute atomic E-state index is 0.617. The molecule has 0 unspecified atom stereocenters. The molecule has 1 nitrogen and oxygen atoms in total. The van der Waals surface area contributed by atoms with Crippen molar-refractivity contribution in [2.24, 2.45) is 0 Å². The molecule has 3 aromatic rings. The number of thiophene rings is 1. The van der Waals surface area contributed by atoms with E-state index in [1.54, 1.807) is 0 Å². The zero-order valence-corrected chi connectivity index (χ0v) is 18.5. The van der Waals surface area contributed by atoms with E-state index < -0.39 is 0 Å². The molecule has 0 aliphatic carbocycles. The van der Waals surface area contributed by atoms with Gasteiger partial charge in [0.2, 0.25) is 0 Å². The highest BCUT2D eigenvalue weighted by molar-refractivity contribution is 7.15. The minimum atomic E-state index is 0.617. The molecule has 3 rings (SSSR count). The van der Waals surface area contributed by atoms with E-state index in [9.17, 15) is 0 Å². The first-order chi connectivity index (χ1) is 14.3. The maximum atomic E-state index is 5.68. The normalized spacial score (nSPS) is 11.2. The largest absolute Gasteiger partial charge is 0.490 e. The summed E-state index contributed by atoms with van der Waals surface area (Å²) < 4.78 is 5.68. The van der Waals surface area contributed by atoms with Gasteiger partial charge in [0.05, 0.1) is 0 Å². The van der Waals surface area contributed by atoms with Crippen LogP contribution in [0.3, 0.4) is 0 Å². The van der Waals surface area contributed by atoms with E-state index in [1.165, 1.54) is 65.0 Å². The Labute approximate surface area is 180 Å². The second-order valence-electron chi connectivity index (χ2n) is 7.41. The Morgan fingerprint density at radius 3 is 2.10 bits per heavy atom. The van der Waals surface area contributed by atoms with Crippen LogP contribution in [0.2, 0.25) is 0 Å². The number of rotatable bonds is 11. The van der Waals surface area contributed by atoms with Gasteiger partial charge in [-0.2, -0.15) is 0 Å². The molecule has 0 saturated carbocycles. The van der Waals surface area contributed by atoms with Crippen molar-refractivity contribution in [2.45, 2.75) is 52.4 Å². The lowest BCUT2D eigenvalue weighted by atomic mass is 10.0. The quantitative estimate of drug-likeness (QED) is 0.230. The first-order valence-electron chi connectivity index (χ1n) is 10.8. The van der Waals surface area contributed by atoms with Gasteiger partial charge in [0.25, 0.3) is 0 Å². The van der Waals surface area contributed by atoms with Gasteiger partial charge in [0.15, 0.2) is 0 Å². The van der Waals surface area contributed by atoms with Crippen LogP contribution >= 0.6 is 11.3 Å². The molecule has 0 fully saturated rings. The third-order valence-corrected chi connectivity index (χ3v) is 6.32.